The molecule has 98 valence electrons. The Balaban J connectivity index is 2.16. The zero-order valence-corrected chi connectivity index (χ0v) is 11.0. The van der Waals surface area contributed by atoms with E-state index >= 15 is 0 Å². The monoisotopic (exact) mass is 257 g/mol. The first kappa shape index (κ1) is 13.1. The van der Waals surface area contributed by atoms with Crippen LogP contribution in [-0.2, 0) is 6.42 Å². The van der Waals surface area contributed by atoms with E-state index in [9.17, 15) is 0 Å². The summed E-state index contributed by atoms with van der Waals surface area (Å²) in [6, 6.07) is 3.93. The molecule has 1 unspecified atom stereocenters. The molecule has 0 bridgehead atoms. The molecule has 0 saturated heterocycles. The lowest BCUT2D eigenvalue weighted by Crippen LogP contribution is -2.18. The van der Waals surface area contributed by atoms with Crippen LogP contribution in [0.4, 0.5) is 0 Å². The Labute approximate surface area is 111 Å². The van der Waals surface area contributed by atoms with Crippen LogP contribution < -0.4 is 0 Å². The number of hydrogen-bond acceptors (Lipinski definition) is 6. The van der Waals surface area contributed by atoms with Crippen molar-refractivity contribution in [3.05, 3.63) is 24.5 Å². The topological polar surface area (TPSA) is 88.5 Å². The molecule has 0 fully saturated rings. The molecule has 0 N–H and O–H groups in total. The Morgan fingerprint density at radius 3 is 2.95 bits per heavy atom. The Morgan fingerprint density at radius 2 is 2.32 bits per heavy atom. The van der Waals surface area contributed by atoms with Gasteiger partial charge >= 0.3 is 0 Å². The lowest BCUT2D eigenvalue weighted by molar-refractivity contribution is 0.266. The van der Waals surface area contributed by atoms with Gasteiger partial charge in [0.1, 0.15) is 12.0 Å². The quantitative estimate of drug-likeness (QED) is 0.817. The SMILES string of the molecule is CCC(C)(CC#N)Cc1nc(-c2ccncn2)no1. The first-order chi connectivity index (χ1) is 9.17. The average Bonchev–Trinajstić information content (AvgIpc) is 2.88. The van der Waals surface area contributed by atoms with Gasteiger partial charge in [-0.2, -0.15) is 10.2 Å². The van der Waals surface area contributed by atoms with Crippen molar-refractivity contribution in [2.45, 2.75) is 33.1 Å². The fraction of sp³-hybridized carbons (Fsp3) is 0.462. The Morgan fingerprint density at radius 1 is 1.47 bits per heavy atom. The van der Waals surface area contributed by atoms with Gasteiger partial charge in [-0.3, -0.25) is 0 Å². The summed E-state index contributed by atoms with van der Waals surface area (Å²) in [5.41, 5.74) is 0.494. The van der Waals surface area contributed by atoms with Crippen molar-refractivity contribution in [3.63, 3.8) is 0 Å². The average molecular weight is 257 g/mol. The van der Waals surface area contributed by atoms with Gasteiger partial charge in [0.15, 0.2) is 0 Å². The number of nitriles is 1. The molecule has 2 rings (SSSR count). The van der Waals surface area contributed by atoms with Crippen LogP contribution in [0.1, 0.15) is 32.6 Å². The molecule has 6 heteroatoms. The van der Waals surface area contributed by atoms with Crippen LogP contribution in [-0.4, -0.2) is 20.1 Å². The van der Waals surface area contributed by atoms with Gasteiger partial charge in [0.2, 0.25) is 11.7 Å². The first-order valence-corrected chi connectivity index (χ1v) is 6.13. The highest BCUT2D eigenvalue weighted by Crippen LogP contribution is 2.29. The third kappa shape index (κ3) is 3.13. The second-order valence-electron chi connectivity index (χ2n) is 4.78. The van der Waals surface area contributed by atoms with Crippen LogP contribution in [0.5, 0.6) is 0 Å². The van der Waals surface area contributed by atoms with E-state index in [1.807, 2.05) is 6.92 Å². The molecule has 0 aromatic carbocycles. The van der Waals surface area contributed by atoms with Gasteiger partial charge in [-0.25, -0.2) is 9.97 Å². The maximum Gasteiger partial charge on any atom is 0.227 e. The van der Waals surface area contributed by atoms with Crippen LogP contribution in [0.3, 0.4) is 0 Å². The van der Waals surface area contributed by atoms with E-state index < -0.39 is 0 Å². The van der Waals surface area contributed by atoms with Crippen molar-refractivity contribution in [2.75, 3.05) is 0 Å². The van der Waals surface area contributed by atoms with Crippen molar-refractivity contribution in [3.8, 4) is 17.6 Å². The summed E-state index contributed by atoms with van der Waals surface area (Å²) in [6.07, 6.45) is 5.01. The van der Waals surface area contributed by atoms with Gasteiger partial charge < -0.3 is 4.52 Å². The number of hydrogen-bond donors (Lipinski definition) is 0. The molecule has 0 saturated carbocycles. The van der Waals surface area contributed by atoms with E-state index in [1.165, 1.54) is 6.33 Å². The summed E-state index contributed by atoms with van der Waals surface area (Å²) in [5, 5.41) is 12.8. The predicted octanol–water partition coefficient (Wildman–Crippen LogP) is 2.40. The molecule has 2 heterocycles. The number of rotatable bonds is 5. The highest BCUT2D eigenvalue weighted by Gasteiger charge is 2.25. The maximum absolute atomic E-state index is 8.86. The van der Waals surface area contributed by atoms with Crippen molar-refractivity contribution in [1.82, 2.24) is 20.1 Å². The van der Waals surface area contributed by atoms with Crippen molar-refractivity contribution >= 4 is 0 Å². The van der Waals surface area contributed by atoms with Gasteiger partial charge in [-0.1, -0.05) is 19.0 Å². The molecule has 0 amide bonds. The van der Waals surface area contributed by atoms with Crippen LogP contribution in [0, 0.1) is 16.7 Å². The standard InChI is InChI=1S/C13H15N5O/c1-3-13(2,5-6-14)8-11-17-12(18-19-11)10-4-7-15-9-16-10/h4,7,9H,3,5,8H2,1-2H3. The molecule has 0 aliphatic carbocycles. The lowest BCUT2D eigenvalue weighted by atomic mass is 9.81. The fourth-order valence-electron chi connectivity index (χ4n) is 1.72. The van der Waals surface area contributed by atoms with E-state index in [0.29, 0.717) is 30.3 Å². The fourth-order valence-corrected chi connectivity index (χ4v) is 1.72. The number of aromatic nitrogens is 4. The minimum Gasteiger partial charge on any atom is -0.339 e. The smallest absolute Gasteiger partial charge is 0.227 e. The zero-order valence-electron chi connectivity index (χ0n) is 11.0. The largest absolute Gasteiger partial charge is 0.339 e. The third-order valence-corrected chi connectivity index (χ3v) is 3.22. The minimum absolute atomic E-state index is 0.135. The first-order valence-electron chi connectivity index (χ1n) is 6.13. The lowest BCUT2D eigenvalue weighted by Gasteiger charge is -2.22. The van der Waals surface area contributed by atoms with Crippen molar-refractivity contribution in [2.24, 2.45) is 5.41 Å². The molecular formula is C13H15N5O. The van der Waals surface area contributed by atoms with Crippen LogP contribution in [0.15, 0.2) is 23.1 Å². The maximum atomic E-state index is 8.86. The Kier molecular flexibility index (Phi) is 3.85. The summed E-state index contributed by atoms with van der Waals surface area (Å²) in [7, 11) is 0. The van der Waals surface area contributed by atoms with E-state index in [1.54, 1.807) is 12.3 Å². The summed E-state index contributed by atoms with van der Waals surface area (Å²) in [6.45, 7) is 4.10. The second kappa shape index (κ2) is 5.57. The summed E-state index contributed by atoms with van der Waals surface area (Å²) in [4.78, 5) is 12.2. The van der Waals surface area contributed by atoms with Crippen LogP contribution in [0.2, 0.25) is 0 Å². The molecule has 0 aliphatic rings. The molecule has 0 spiro atoms. The second-order valence-corrected chi connectivity index (χ2v) is 4.78. The minimum atomic E-state index is -0.135. The van der Waals surface area contributed by atoms with E-state index in [2.05, 4.69) is 33.1 Å². The van der Waals surface area contributed by atoms with Gasteiger partial charge in [0, 0.05) is 19.0 Å². The summed E-state index contributed by atoms with van der Waals surface area (Å²) in [5.74, 6) is 0.987. The van der Waals surface area contributed by atoms with Gasteiger partial charge in [-0.15, -0.1) is 0 Å². The molecule has 19 heavy (non-hydrogen) atoms. The predicted molar refractivity (Wildman–Crippen MR) is 67.7 cm³/mol. The summed E-state index contributed by atoms with van der Waals surface area (Å²) < 4.78 is 5.23. The number of nitrogens with zero attached hydrogens (tertiary/aromatic N) is 5. The molecule has 0 radical (unpaired) electrons. The molecule has 2 aromatic heterocycles. The molecule has 1 atom stereocenters. The Hall–Kier alpha value is -2.29. The zero-order chi connectivity index (χ0) is 13.7. The van der Waals surface area contributed by atoms with Crippen LogP contribution >= 0.6 is 0 Å². The normalized spacial score (nSPS) is 13.7. The third-order valence-electron chi connectivity index (χ3n) is 3.22. The van der Waals surface area contributed by atoms with Crippen molar-refractivity contribution in [1.29, 1.82) is 5.26 Å². The van der Waals surface area contributed by atoms with E-state index in [-0.39, 0.29) is 5.41 Å². The molecule has 2 aromatic rings. The van der Waals surface area contributed by atoms with Gasteiger partial charge in [0.25, 0.3) is 0 Å². The van der Waals surface area contributed by atoms with Crippen LogP contribution in [0.25, 0.3) is 11.5 Å². The molecular weight excluding hydrogens is 242 g/mol. The van der Waals surface area contributed by atoms with Crippen molar-refractivity contribution < 1.29 is 4.52 Å². The molecule has 6 nitrogen and oxygen atoms in total. The van der Waals surface area contributed by atoms with E-state index in [4.69, 9.17) is 9.78 Å². The van der Waals surface area contributed by atoms with E-state index in [0.717, 1.165) is 6.42 Å². The highest BCUT2D eigenvalue weighted by molar-refractivity contribution is 5.46. The summed E-state index contributed by atoms with van der Waals surface area (Å²) >= 11 is 0. The van der Waals surface area contributed by atoms with Gasteiger partial charge in [-0.05, 0) is 17.9 Å². The molecule has 0 aliphatic heterocycles. The van der Waals surface area contributed by atoms with Gasteiger partial charge in [0.05, 0.1) is 6.07 Å². The highest BCUT2D eigenvalue weighted by atomic mass is 16.5. The Bertz CT molecular complexity index is 574.